The van der Waals surface area contributed by atoms with Gasteiger partial charge in [0.25, 0.3) is 5.56 Å². The van der Waals surface area contributed by atoms with Crippen LogP contribution in [0.25, 0.3) is 27.7 Å². The number of hydrogen-bond acceptors (Lipinski definition) is 4. The Morgan fingerprint density at radius 1 is 1.00 bits per heavy atom. The molecule has 4 aromatic rings. The SMILES string of the molecule is CCCN(CCC)CCn1c2ccccc2n2c(=O)c3ccc(OC)cc3nc12. The minimum atomic E-state index is -0.0402. The number of para-hydroxylation sites is 2. The predicted molar refractivity (Wildman–Crippen MR) is 118 cm³/mol. The summed E-state index contributed by atoms with van der Waals surface area (Å²) >= 11 is 0. The zero-order valence-electron chi connectivity index (χ0n) is 17.4. The molecule has 0 spiro atoms. The van der Waals surface area contributed by atoms with Gasteiger partial charge in [0.1, 0.15) is 5.75 Å². The van der Waals surface area contributed by atoms with Crippen molar-refractivity contribution in [2.75, 3.05) is 26.7 Å². The summed E-state index contributed by atoms with van der Waals surface area (Å²) in [6.07, 6.45) is 2.27. The third-order valence-electron chi connectivity index (χ3n) is 5.43. The average molecular weight is 393 g/mol. The Balaban J connectivity index is 1.90. The Morgan fingerprint density at radius 3 is 2.41 bits per heavy atom. The number of imidazole rings is 1. The molecule has 152 valence electrons. The molecular weight excluding hydrogens is 364 g/mol. The van der Waals surface area contributed by atoms with E-state index in [0.717, 1.165) is 50.1 Å². The van der Waals surface area contributed by atoms with E-state index >= 15 is 0 Å². The van der Waals surface area contributed by atoms with Crippen LogP contribution in [0.15, 0.2) is 47.3 Å². The molecule has 2 aromatic carbocycles. The number of benzene rings is 2. The maximum atomic E-state index is 13.3. The number of methoxy groups -OCH3 is 1. The molecule has 0 saturated carbocycles. The number of ether oxygens (including phenoxy) is 1. The highest BCUT2D eigenvalue weighted by molar-refractivity contribution is 5.86. The van der Waals surface area contributed by atoms with E-state index in [1.54, 1.807) is 17.6 Å². The van der Waals surface area contributed by atoms with Crippen LogP contribution in [0.1, 0.15) is 26.7 Å². The van der Waals surface area contributed by atoms with Gasteiger partial charge in [-0.25, -0.2) is 9.38 Å². The van der Waals surface area contributed by atoms with Gasteiger partial charge >= 0.3 is 0 Å². The van der Waals surface area contributed by atoms with Crippen molar-refractivity contribution in [1.82, 2.24) is 18.9 Å². The second-order valence-electron chi connectivity index (χ2n) is 7.42. The second-order valence-corrected chi connectivity index (χ2v) is 7.42. The Kier molecular flexibility index (Phi) is 5.53. The molecule has 0 amide bonds. The van der Waals surface area contributed by atoms with Crippen LogP contribution in [0.2, 0.25) is 0 Å². The molecule has 0 fully saturated rings. The summed E-state index contributed by atoms with van der Waals surface area (Å²) < 4.78 is 9.25. The molecule has 6 heteroatoms. The smallest absolute Gasteiger partial charge is 0.267 e. The van der Waals surface area contributed by atoms with Crippen molar-refractivity contribution in [2.24, 2.45) is 0 Å². The summed E-state index contributed by atoms with van der Waals surface area (Å²) in [7, 11) is 1.62. The molecule has 29 heavy (non-hydrogen) atoms. The van der Waals surface area contributed by atoms with Crippen LogP contribution in [-0.2, 0) is 6.54 Å². The Bertz CT molecular complexity index is 1200. The molecule has 0 bridgehead atoms. The molecule has 0 aliphatic heterocycles. The standard InChI is InChI=1S/C23H28N4O2/c1-4-12-25(13-5-2)14-15-26-20-8-6-7-9-21(20)27-22(28)18-11-10-17(29-3)16-19(18)24-23(26)27/h6-11,16H,4-5,12-15H2,1-3H3. The van der Waals surface area contributed by atoms with Crippen molar-refractivity contribution in [3.05, 3.63) is 52.8 Å². The van der Waals surface area contributed by atoms with Crippen molar-refractivity contribution < 1.29 is 4.74 Å². The van der Waals surface area contributed by atoms with E-state index in [4.69, 9.17) is 9.72 Å². The largest absolute Gasteiger partial charge is 0.497 e. The zero-order chi connectivity index (χ0) is 20.4. The van der Waals surface area contributed by atoms with Crippen molar-refractivity contribution >= 4 is 27.7 Å². The number of hydrogen-bond donors (Lipinski definition) is 0. The highest BCUT2D eigenvalue weighted by Gasteiger charge is 2.16. The van der Waals surface area contributed by atoms with Gasteiger partial charge in [0.15, 0.2) is 0 Å². The van der Waals surface area contributed by atoms with Crippen LogP contribution in [0, 0.1) is 0 Å². The van der Waals surface area contributed by atoms with Crippen LogP contribution in [-0.4, -0.2) is 45.6 Å². The van der Waals surface area contributed by atoms with Crippen molar-refractivity contribution in [2.45, 2.75) is 33.2 Å². The van der Waals surface area contributed by atoms with E-state index in [2.05, 4.69) is 29.4 Å². The van der Waals surface area contributed by atoms with Gasteiger partial charge in [0.2, 0.25) is 5.78 Å². The molecule has 0 aliphatic carbocycles. The van der Waals surface area contributed by atoms with Crippen LogP contribution < -0.4 is 10.3 Å². The van der Waals surface area contributed by atoms with Crippen LogP contribution in [0.3, 0.4) is 0 Å². The lowest BCUT2D eigenvalue weighted by Gasteiger charge is -2.21. The van der Waals surface area contributed by atoms with Gasteiger partial charge in [-0.1, -0.05) is 26.0 Å². The summed E-state index contributed by atoms with van der Waals surface area (Å²) in [5, 5.41) is 0.602. The second kappa shape index (κ2) is 8.25. The molecule has 0 atom stereocenters. The van der Waals surface area contributed by atoms with Crippen molar-refractivity contribution in [1.29, 1.82) is 0 Å². The summed E-state index contributed by atoms with van der Waals surface area (Å²) in [6.45, 7) is 8.31. The predicted octanol–water partition coefficient (Wildman–Crippen LogP) is 3.93. The monoisotopic (exact) mass is 392 g/mol. The third kappa shape index (κ3) is 3.49. The zero-order valence-corrected chi connectivity index (χ0v) is 17.4. The fourth-order valence-corrected chi connectivity index (χ4v) is 4.10. The summed E-state index contributed by atoms with van der Waals surface area (Å²) in [6, 6.07) is 13.5. The lowest BCUT2D eigenvalue weighted by Crippen LogP contribution is -2.29. The van der Waals surface area contributed by atoms with Gasteiger partial charge < -0.3 is 14.2 Å². The van der Waals surface area contributed by atoms with Gasteiger partial charge in [-0.2, -0.15) is 0 Å². The molecule has 0 radical (unpaired) electrons. The molecule has 0 aliphatic rings. The Hall–Kier alpha value is -2.86. The molecular formula is C23H28N4O2. The number of fused-ring (bicyclic) bond motifs is 4. The fraction of sp³-hybridized carbons (Fsp3) is 0.391. The lowest BCUT2D eigenvalue weighted by atomic mass is 10.2. The van der Waals surface area contributed by atoms with E-state index in [0.29, 0.717) is 22.4 Å². The highest BCUT2D eigenvalue weighted by atomic mass is 16.5. The maximum absolute atomic E-state index is 13.3. The molecule has 4 rings (SSSR count). The molecule has 6 nitrogen and oxygen atoms in total. The molecule has 0 unspecified atom stereocenters. The molecule has 0 saturated heterocycles. The third-order valence-corrected chi connectivity index (χ3v) is 5.43. The van der Waals surface area contributed by atoms with Crippen LogP contribution in [0.4, 0.5) is 0 Å². The Labute approximate surface area is 170 Å². The summed E-state index contributed by atoms with van der Waals surface area (Å²) in [4.78, 5) is 20.7. The van der Waals surface area contributed by atoms with Crippen LogP contribution >= 0.6 is 0 Å². The average Bonchev–Trinajstić information content (AvgIpc) is 3.05. The molecule has 2 aromatic heterocycles. The normalized spacial score (nSPS) is 11.9. The molecule has 0 N–H and O–H groups in total. The minimum absolute atomic E-state index is 0.0402. The van der Waals surface area contributed by atoms with E-state index in [-0.39, 0.29) is 5.56 Å². The fourth-order valence-electron chi connectivity index (χ4n) is 4.10. The van der Waals surface area contributed by atoms with Gasteiger partial charge in [0, 0.05) is 19.2 Å². The van der Waals surface area contributed by atoms with E-state index < -0.39 is 0 Å². The minimum Gasteiger partial charge on any atom is -0.497 e. The van der Waals surface area contributed by atoms with Gasteiger partial charge in [-0.05, 0) is 50.2 Å². The first-order chi connectivity index (χ1) is 14.2. The first kappa shape index (κ1) is 19.5. The van der Waals surface area contributed by atoms with E-state index in [1.165, 1.54) is 0 Å². The number of nitrogens with zero attached hydrogens (tertiary/aromatic N) is 4. The summed E-state index contributed by atoms with van der Waals surface area (Å²) in [5.74, 6) is 1.39. The first-order valence-corrected chi connectivity index (χ1v) is 10.4. The highest BCUT2D eigenvalue weighted by Crippen LogP contribution is 2.22. The van der Waals surface area contributed by atoms with Gasteiger partial charge in [-0.15, -0.1) is 0 Å². The molecule has 2 heterocycles. The van der Waals surface area contributed by atoms with Gasteiger partial charge in [0.05, 0.1) is 29.0 Å². The lowest BCUT2D eigenvalue weighted by molar-refractivity contribution is 0.265. The topological polar surface area (TPSA) is 51.8 Å². The maximum Gasteiger partial charge on any atom is 0.267 e. The number of rotatable bonds is 8. The van der Waals surface area contributed by atoms with E-state index in [9.17, 15) is 4.79 Å². The summed E-state index contributed by atoms with van der Waals surface area (Å²) in [5.41, 5.74) is 2.56. The Morgan fingerprint density at radius 2 is 1.72 bits per heavy atom. The van der Waals surface area contributed by atoms with Gasteiger partial charge in [-0.3, -0.25) is 4.79 Å². The van der Waals surface area contributed by atoms with Crippen molar-refractivity contribution in [3.8, 4) is 5.75 Å². The quantitative estimate of drug-likeness (QED) is 0.456. The van der Waals surface area contributed by atoms with E-state index in [1.807, 2.05) is 30.3 Å². The number of aromatic nitrogens is 3. The van der Waals surface area contributed by atoms with Crippen LogP contribution in [0.5, 0.6) is 5.75 Å². The first-order valence-electron chi connectivity index (χ1n) is 10.4. The van der Waals surface area contributed by atoms with Crippen molar-refractivity contribution in [3.63, 3.8) is 0 Å².